The van der Waals surface area contributed by atoms with Crippen molar-refractivity contribution >= 4 is 17.7 Å². The Balaban J connectivity index is 2.03. The molecule has 0 aliphatic heterocycles. The highest BCUT2D eigenvalue weighted by atomic mass is 16.2. The van der Waals surface area contributed by atoms with Crippen LogP contribution in [-0.4, -0.2) is 16.0 Å². The van der Waals surface area contributed by atoms with Gasteiger partial charge in [-0.2, -0.15) is 0 Å². The molecule has 0 aliphatic rings. The smallest absolute Gasteiger partial charge is 0.326 e. The third kappa shape index (κ3) is 3.02. The number of rotatable bonds is 3. The van der Waals surface area contributed by atoms with Gasteiger partial charge in [-0.25, -0.2) is 14.8 Å². The molecule has 0 unspecified atom stereocenters. The lowest BCUT2D eigenvalue weighted by molar-refractivity contribution is 0.262. The highest BCUT2D eigenvalue weighted by Crippen LogP contribution is 2.14. The third-order valence-corrected chi connectivity index (χ3v) is 2.28. The molecule has 1 heterocycles. The fourth-order valence-electron chi connectivity index (χ4n) is 1.44. The molecule has 6 heteroatoms. The van der Waals surface area contributed by atoms with Crippen molar-refractivity contribution in [2.45, 2.75) is 6.54 Å². The van der Waals surface area contributed by atoms with Gasteiger partial charge < -0.3 is 11.1 Å². The summed E-state index contributed by atoms with van der Waals surface area (Å²) in [5.74, 6) is 0.250. The number of urea groups is 1. The highest BCUT2D eigenvalue weighted by Gasteiger charge is 2.06. The average Bonchev–Trinajstić information content (AvgIpc) is 2.40. The van der Waals surface area contributed by atoms with E-state index in [4.69, 9.17) is 5.73 Å². The first kappa shape index (κ1) is 12.0. The minimum atomic E-state index is -0.401. The number of para-hydroxylation sites is 1. The maximum atomic E-state index is 11.7. The summed E-state index contributed by atoms with van der Waals surface area (Å²) in [5.41, 5.74) is 7.12. The molecule has 2 amide bonds. The molecule has 0 radical (unpaired) electrons. The SMILES string of the molecule is NCc1ccccc1NC(=O)Nc1ncccn1. The van der Waals surface area contributed by atoms with Gasteiger partial charge in [0, 0.05) is 24.6 Å². The Morgan fingerprint density at radius 3 is 2.56 bits per heavy atom. The van der Waals surface area contributed by atoms with E-state index in [2.05, 4.69) is 20.6 Å². The van der Waals surface area contributed by atoms with Gasteiger partial charge in [0.1, 0.15) is 0 Å². The molecule has 0 aliphatic carbocycles. The van der Waals surface area contributed by atoms with Crippen LogP contribution >= 0.6 is 0 Å². The van der Waals surface area contributed by atoms with Gasteiger partial charge in [0.15, 0.2) is 0 Å². The Bertz CT molecular complexity index is 529. The number of nitrogens with two attached hydrogens (primary N) is 1. The average molecular weight is 243 g/mol. The van der Waals surface area contributed by atoms with Gasteiger partial charge in [-0.05, 0) is 17.7 Å². The molecule has 92 valence electrons. The van der Waals surface area contributed by atoms with Gasteiger partial charge in [-0.15, -0.1) is 0 Å². The molecule has 1 aromatic heterocycles. The molecule has 1 aromatic carbocycles. The maximum absolute atomic E-state index is 11.7. The number of anilines is 2. The molecule has 6 nitrogen and oxygen atoms in total. The lowest BCUT2D eigenvalue weighted by atomic mass is 10.2. The van der Waals surface area contributed by atoms with Gasteiger partial charge >= 0.3 is 6.03 Å². The first-order valence-corrected chi connectivity index (χ1v) is 5.42. The quantitative estimate of drug-likeness (QED) is 0.763. The monoisotopic (exact) mass is 243 g/mol. The molecule has 0 saturated heterocycles. The third-order valence-electron chi connectivity index (χ3n) is 2.28. The molecule has 0 fully saturated rings. The van der Waals surface area contributed by atoms with Crippen LogP contribution in [0, 0.1) is 0 Å². The first-order chi connectivity index (χ1) is 8.79. The number of nitrogens with zero attached hydrogens (tertiary/aromatic N) is 2. The lowest BCUT2D eigenvalue weighted by Crippen LogP contribution is -2.21. The molecule has 0 atom stereocenters. The van der Waals surface area contributed by atoms with Gasteiger partial charge in [0.2, 0.25) is 5.95 Å². The van der Waals surface area contributed by atoms with E-state index >= 15 is 0 Å². The molecule has 0 saturated carbocycles. The molecule has 0 spiro atoms. The van der Waals surface area contributed by atoms with Crippen molar-refractivity contribution in [3.8, 4) is 0 Å². The molecular weight excluding hydrogens is 230 g/mol. The van der Waals surface area contributed by atoms with Crippen LogP contribution in [0.2, 0.25) is 0 Å². The van der Waals surface area contributed by atoms with E-state index in [1.54, 1.807) is 24.5 Å². The van der Waals surface area contributed by atoms with Crippen LogP contribution in [0.5, 0.6) is 0 Å². The zero-order valence-electron chi connectivity index (χ0n) is 9.63. The predicted octanol–water partition coefficient (Wildman–Crippen LogP) is 1.58. The highest BCUT2D eigenvalue weighted by molar-refractivity contribution is 5.99. The number of aromatic nitrogens is 2. The fraction of sp³-hybridized carbons (Fsp3) is 0.0833. The Hall–Kier alpha value is -2.47. The minimum Gasteiger partial charge on any atom is -0.326 e. The van der Waals surface area contributed by atoms with E-state index in [1.807, 2.05) is 18.2 Å². The second kappa shape index (κ2) is 5.74. The Morgan fingerprint density at radius 2 is 1.83 bits per heavy atom. The van der Waals surface area contributed by atoms with Crippen molar-refractivity contribution in [3.05, 3.63) is 48.3 Å². The van der Waals surface area contributed by atoms with Gasteiger partial charge in [-0.1, -0.05) is 18.2 Å². The van der Waals surface area contributed by atoms with Crippen LogP contribution in [0.3, 0.4) is 0 Å². The first-order valence-electron chi connectivity index (χ1n) is 5.42. The van der Waals surface area contributed by atoms with E-state index in [9.17, 15) is 4.79 Å². The van der Waals surface area contributed by atoms with Crippen molar-refractivity contribution in [3.63, 3.8) is 0 Å². The van der Waals surface area contributed by atoms with E-state index < -0.39 is 6.03 Å². The van der Waals surface area contributed by atoms with Crippen molar-refractivity contribution in [2.75, 3.05) is 10.6 Å². The van der Waals surface area contributed by atoms with Crippen LogP contribution < -0.4 is 16.4 Å². The molecule has 2 aromatic rings. The fourth-order valence-corrected chi connectivity index (χ4v) is 1.44. The molecule has 4 N–H and O–H groups in total. The zero-order valence-corrected chi connectivity index (χ0v) is 9.63. The number of hydrogen-bond acceptors (Lipinski definition) is 4. The normalized spacial score (nSPS) is 9.83. The summed E-state index contributed by atoms with van der Waals surface area (Å²) in [6.45, 7) is 0.359. The van der Waals surface area contributed by atoms with Gasteiger partial charge in [-0.3, -0.25) is 5.32 Å². The molecular formula is C12H13N5O. The minimum absolute atomic E-state index is 0.250. The second-order valence-electron chi connectivity index (χ2n) is 3.51. The van der Waals surface area contributed by atoms with E-state index in [-0.39, 0.29) is 5.95 Å². The number of carbonyl (C=O) groups excluding carboxylic acids is 1. The van der Waals surface area contributed by atoms with E-state index in [1.165, 1.54) is 0 Å². The van der Waals surface area contributed by atoms with Crippen molar-refractivity contribution in [2.24, 2.45) is 5.73 Å². The summed E-state index contributed by atoms with van der Waals surface area (Å²) >= 11 is 0. The number of nitrogens with one attached hydrogen (secondary N) is 2. The molecule has 2 rings (SSSR count). The number of hydrogen-bond donors (Lipinski definition) is 3. The molecule has 0 bridgehead atoms. The number of amides is 2. The number of carbonyl (C=O) groups is 1. The standard InChI is InChI=1S/C12H13N5O/c13-8-9-4-1-2-5-10(9)16-12(18)17-11-14-6-3-7-15-11/h1-7H,8,13H2,(H2,14,15,16,17,18). The van der Waals surface area contributed by atoms with Gasteiger partial charge in [0.25, 0.3) is 0 Å². The molecule has 18 heavy (non-hydrogen) atoms. The summed E-state index contributed by atoms with van der Waals surface area (Å²) in [6.07, 6.45) is 3.10. The predicted molar refractivity (Wildman–Crippen MR) is 69.0 cm³/mol. The Labute approximate surface area is 104 Å². The van der Waals surface area contributed by atoms with Crippen LogP contribution in [0.25, 0.3) is 0 Å². The lowest BCUT2D eigenvalue weighted by Gasteiger charge is -2.09. The van der Waals surface area contributed by atoms with E-state index in [0.717, 1.165) is 5.56 Å². The second-order valence-corrected chi connectivity index (χ2v) is 3.51. The van der Waals surface area contributed by atoms with Crippen molar-refractivity contribution in [1.82, 2.24) is 9.97 Å². The summed E-state index contributed by atoms with van der Waals surface area (Å²) < 4.78 is 0. The van der Waals surface area contributed by atoms with Crippen LogP contribution in [0.1, 0.15) is 5.56 Å². The zero-order chi connectivity index (χ0) is 12.8. The number of benzene rings is 1. The summed E-state index contributed by atoms with van der Waals surface area (Å²) in [5, 5.41) is 5.23. The van der Waals surface area contributed by atoms with Gasteiger partial charge in [0.05, 0.1) is 0 Å². The Morgan fingerprint density at radius 1 is 1.11 bits per heavy atom. The van der Waals surface area contributed by atoms with E-state index in [0.29, 0.717) is 12.2 Å². The van der Waals surface area contributed by atoms with Crippen molar-refractivity contribution < 1.29 is 4.79 Å². The largest absolute Gasteiger partial charge is 0.326 e. The topological polar surface area (TPSA) is 92.9 Å². The summed E-state index contributed by atoms with van der Waals surface area (Å²) in [6, 6.07) is 8.61. The summed E-state index contributed by atoms with van der Waals surface area (Å²) in [7, 11) is 0. The van der Waals surface area contributed by atoms with Crippen LogP contribution in [-0.2, 0) is 6.54 Å². The maximum Gasteiger partial charge on any atom is 0.326 e. The summed E-state index contributed by atoms with van der Waals surface area (Å²) in [4.78, 5) is 19.5. The van der Waals surface area contributed by atoms with Crippen LogP contribution in [0.4, 0.5) is 16.4 Å². The van der Waals surface area contributed by atoms with Crippen molar-refractivity contribution in [1.29, 1.82) is 0 Å². The Kier molecular flexibility index (Phi) is 3.83. The van der Waals surface area contributed by atoms with Crippen LogP contribution in [0.15, 0.2) is 42.7 Å².